The fraction of sp³-hybridized carbons (Fsp3) is 0.917. The maximum atomic E-state index is 11.7. The lowest BCUT2D eigenvalue weighted by Gasteiger charge is -2.36. The molecule has 5 heteroatoms. The maximum absolute atomic E-state index is 11.7. The van der Waals surface area contributed by atoms with Gasteiger partial charge in [-0.1, -0.05) is 0 Å². The topological polar surface area (TPSA) is 53.0 Å². The van der Waals surface area contributed by atoms with Gasteiger partial charge in [0, 0.05) is 13.1 Å². The minimum atomic E-state index is -0.195. The molecule has 2 saturated heterocycles. The molecule has 17 heavy (non-hydrogen) atoms. The second-order valence-corrected chi connectivity index (χ2v) is 5.16. The minimum absolute atomic E-state index is 0.00279. The minimum Gasteiger partial charge on any atom is -0.394 e. The Labute approximate surface area is 102 Å². The number of likely N-dealkylation sites (tertiary alicyclic amines) is 1. The lowest BCUT2D eigenvalue weighted by atomic mass is 9.96. The third-order valence-corrected chi connectivity index (χ3v) is 3.74. The van der Waals surface area contributed by atoms with E-state index in [4.69, 9.17) is 9.84 Å². The van der Waals surface area contributed by atoms with Crippen molar-refractivity contribution in [1.82, 2.24) is 9.80 Å². The highest BCUT2D eigenvalue weighted by molar-refractivity contribution is 5.78. The Morgan fingerprint density at radius 3 is 2.76 bits per heavy atom. The van der Waals surface area contributed by atoms with E-state index in [-0.39, 0.29) is 25.2 Å². The van der Waals surface area contributed by atoms with E-state index in [1.165, 1.54) is 0 Å². The molecule has 2 rings (SSSR count). The van der Waals surface area contributed by atoms with Gasteiger partial charge in [-0.3, -0.25) is 4.79 Å². The summed E-state index contributed by atoms with van der Waals surface area (Å²) < 4.78 is 5.23. The van der Waals surface area contributed by atoms with E-state index in [0.717, 1.165) is 32.5 Å². The number of amides is 1. The van der Waals surface area contributed by atoms with E-state index in [1.807, 2.05) is 4.90 Å². The molecule has 0 aliphatic carbocycles. The number of aliphatic hydroxyl groups excluding tert-OH is 1. The molecule has 0 spiro atoms. The van der Waals surface area contributed by atoms with Crippen LogP contribution >= 0.6 is 0 Å². The van der Waals surface area contributed by atoms with Crippen molar-refractivity contribution in [1.29, 1.82) is 0 Å². The summed E-state index contributed by atoms with van der Waals surface area (Å²) >= 11 is 0. The Morgan fingerprint density at radius 2 is 2.12 bits per heavy atom. The molecule has 0 aromatic rings. The molecule has 1 amide bonds. The molecule has 1 atom stereocenters. The van der Waals surface area contributed by atoms with Crippen LogP contribution < -0.4 is 0 Å². The Hall–Kier alpha value is -0.650. The summed E-state index contributed by atoms with van der Waals surface area (Å²) in [6.07, 6.45) is 2.12. The van der Waals surface area contributed by atoms with Gasteiger partial charge in [-0.25, -0.2) is 0 Å². The lowest BCUT2D eigenvalue weighted by molar-refractivity contribution is -0.152. The van der Waals surface area contributed by atoms with Crippen molar-refractivity contribution in [2.24, 2.45) is 5.92 Å². The number of carbonyl (C=O) groups excluding carboxylic acids is 1. The van der Waals surface area contributed by atoms with Crippen molar-refractivity contribution in [3.05, 3.63) is 0 Å². The van der Waals surface area contributed by atoms with Crippen LogP contribution in [0.1, 0.15) is 12.8 Å². The zero-order chi connectivity index (χ0) is 12.3. The van der Waals surface area contributed by atoms with Crippen molar-refractivity contribution < 1.29 is 14.6 Å². The third-order valence-electron chi connectivity index (χ3n) is 3.74. The third kappa shape index (κ3) is 3.40. The fourth-order valence-electron chi connectivity index (χ4n) is 2.52. The normalized spacial score (nSPS) is 28.7. The predicted octanol–water partition coefficient (Wildman–Crippen LogP) is -0.452. The molecule has 0 saturated carbocycles. The Morgan fingerprint density at radius 1 is 1.41 bits per heavy atom. The Kier molecular flexibility index (Phi) is 4.36. The van der Waals surface area contributed by atoms with Crippen molar-refractivity contribution in [3.8, 4) is 0 Å². The van der Waals surface area contributed by atoms with Gasteiger partial charge in [0.2, 0.25) is 5.91 Å². The van der Waals surface area contributed by atoms with Crippen LogP contribution in [0.25, 0.3) is 0 Å². The van der Waals surface area contributed by atoms with Gasteiger partial charge >= 0.3 is 0 Å². The van der Waals surface area contributed by atoms with Crippen LogP contribution in [-0.2, 0) is 9.53 Å². The first-order chi connectivity index (χ1) is 8.19. The summed E-state index contributed by atoms with van der Waals surface area (Å²) in [7, 11) is 2.14. The molecular weight excluding hydrogens is 220 g/mol. The summed E-state index contributed by atoms with van der Waals surface area (Å²) in [6.45, 7) is 3.72. The summed E-state index contributed by atoms with van der Waals surface area (Å²) in [4.78, 5) is 15.9. The molecule has 0 radical (unpaired) electrons. The van der Waals surface area contributed by atoms with Gasteiger partial charge in [0.25, 0.3) is 0 Å². The quantitative estimate of drug-likeness (QED) is 0.728. The van der Waals surface area contributed by atoms with E-state index < -0.39 is 0 Å². The van der Waals surface area contributed by atoms with Crippen molar-refractivity contribution in [2.75, 3.05) is 46.4 Å². The molecule has 1 N–H and O–H groups in total. The summed E-state index contributed by atoms with van der Waals surface area (Å²) in [5.74, 6) is 0.668. The SMILES string of the molecule is CN1CCC(CN2CC(CO)OCC2=O)CC1. The summed E-state index contributed by atoms with van der Waals surface area (Å²) in [5, 5.41) is 9.07. The number of ether oxygens (including phenoxy) is 1. The highest BCUT2D eigenvalue weighted by atomic mass is 16.5. The van der Waals surface area contributed by atoms with Crippen molar-refractivity contribution in [3.63, 3.8) is 0 Å². The average molecular weight is 242 g/mol. The monoisotopic (exact) mass is 242 g/mol. The average Bonchev–Trinajstić information content (AvgIpc) is 2.35. The number of morpholine rings is 1. The van der Waals surface area contributed by atoms with Gasteiger partial charge in [-0.2, -0.15) is 0 Å². The van der Waals surface area contributed by atoms with Crippen molar-refractivity contribution >= 4 is 5.91 Å². The molecule has 2 aliphatic rings. The second-order valence-electron chi connectivity index (χ2n) is 5.16. The summed E-state index contributed by atoms with van der Waals surface area (Å²) in [5.41, 5.74) is 0. The van der Waals surface area contributed by atoms with Crippen LogP contribution in [0.15, 0.2) is 0 Å². The van der Waals surface area contributed by atoms with E-state index >= 15 is 0 Å². The largest absolute Gasteiger partial charge is 0.394 e. The fourth-order valence-corrected chi connectivity index (χ4v) is 2.52. The second kappa shape index (κ2) is 5.80. The number of rotatable bonds is 3. The molecule has 0 aromatic heterocycles. The molecule has 5 nitrogen and oxygen atoms in total. The maximum Gasteiger partial charge on any atom is 0.248 e. The zero-order valence-corrected chi connectivity index (χ0v) is 10.5. The van der Waals surface area contributed by atoms with E-state index in [9.17, 15) is 4.79 Å². The van der Waals surface area contributed by atoms with Gasteiger partial charge in [0.05, 0.1) is 12.7 Å². The number of carbonyl (C=O) groups is 1. The van der Waals surface area contributed by atoms with Crippen LogP contribution in [0, 0.1) is 5.92 Å². The number of hydrogen-bond acceptors (Lipinski definition) is 4. The van der Waals surface area contributed by atoms with Crippen molar-refractivity contribution in [2.45, 2.75) is 18.9 Å². The Bertz CT molecular complexity index is 264. The van der Waals surface area contributed by atoms with Gasteiger partial charge in [-0.15, -0.1) is 0 Å². The van der Waals surface area contributed by atoms with Crippen LogP contribution in [0.4, 0.5) is 0 Å². The molecule has 2 heterocycles. The highest BCUT2D eigenvalue weighted by Gasteiger charge is 2.28. The predicted molar refractivity (Wildman–Crippen MR) is 63.6 cm³/mol. The van der Waals surface area contributed by atoms with Gasteiger partial charge < -0.3 is 19.6 Å². The first-order valence-electron chi connectivity index (χ1n) is 6.38. The molecule has 1 unspecified atom stereocenters. The summed E-state index contributed by atoms with van der Waals surface area (Å²) in [6, 6.07) is 0. The number of nitrogens with zero attached hydrogens (tertiary/aromatic N) is 2. The van der Waals surface area contributed by atoms with Gasteiger partial charge in [0.15, 0.2) is 0 Å². The van der Waals surface area contributed by atoms with E-state index in [1.54, 1.807) is 0 Å². The van der Waals surface area contributed by atoms with Crippen LogP contribution in [0.5, 0.6) is 0 Å². The van der Waals surface area contributed by atoms with Crippen LogP contribution in [0.3, 0.4) is 0 Å². The van der Waals surface area contributed by atoms with E-state index in [0.29, 0.717) is 12.5 Å². The zero-order valence-electron chi connectivity index (χ0n) is 10.5. The molecule has 2 aliphatic heterocycles. The first kappa shape index (κ1) is 12.8. The molecule has 2 fully saturated rings. The first-order valence-corrected chi connectivity index (χ1v) is 6.38. The van der Waals surface area contributed by atoms with E-state index in [2.05, 4.69) is 11.9 Å². The molecule has 98 valence electrons. The lowest BCUT2D eigenvalue weighted by Crippen LogP contribution is -2.50. The number of piperidine rings is 1. The molecule has 0 aromatic carbocycles. The van der Waals surface area contributed by atoms with Gasteiger partial charge in [0.1, 0.15) is 6.61 Å². The number of hydrogen-bond donors (Lipinski definition) is 1. The molecule has 0 bridgehead atoms. The molecular formula is C12H22N2O3. The highest BCUT2D eigenvalue weighted by Crippen LogP contribution is 2.19. The number of aliphatic hydroxyl groups is 1. The standard InChI is InChI=1S/C12H22N2O3/c1-13-4-2-10(3-5-13)6-14-7-11(8-15)17-9-12(14)16/h10-11,15H,2-9H2,1H3. The van der Waals surface area contributed by atoms with Crippen LogP contribution in [-0.4, -0.2) is 73.4 Å². The Balaban J connectivity index is 1.82. The smallest absolute Gasteiger partial charge is 0.248 e. The van der Waals surface area contributed by atoms with Crippen LogP contribution in [0.2, 0.25) is 0 Å². The van der Waals surface area contributed by atoms with Gasteiger partial charge in [-0.05, 0) is 38.9 Å².